The molecule has 0 fully saturated rings. The molecule has 0 radical (unpaired) electrons. The van der Waals surface area contributed by atoms with Crippen molar-refractivity contribution in [3.8, 4) is 5.75 Å². The summed E-state index contributed by atoms with van der Waals surface area (Å²) in [6.45, 7) is 2.42. The lowest BCUT2D eigenvalue weighted by Crippen LogP contribution is -2.37. The molecule has 3 aromatic rings. The van der Waals surface area contributed by atoms with Crippen LogP contribution in [-0.4, -0.2) is 36.3 Å². The van der Waals surface area contributed by atoms with E-state index in [4.69, 9.17) is 4.74 Å². The fourth-order valence-electron chi connectivity index (χ4n) is 2.95. The van der Waals surface area contributed by atoms with Gasteiger partial charge in [0.25, 0.3) is 10.0 Å². The van der Waals surface area contributed by atoms with Crippen molar-refractivity contribution in [3.05, 3.63) is 42.2 Å². The van der Waals surface area contributed by atoms with Gasteiger partial charge >= 0.3 is 0 Å². The summed E-state index contributed by atoms with van der Waals surface area (Å²) in [6, 6.07) is 8.76. The number of nitrogens with zero attached hydrogens (tertiary/aromatic N) is 4. The molecule has 0 amide bonds. The molecule has 8 heteroatoms. The Kier molecular flexibility index (Phi) is 3.24. The molecular weight excluding hydrogens is 328 g/mol. The van der Waals surface area contributed by atoms with Gasteiger partial charge < -0.3 is 4.74 Å². The summed E-state index contributed by atoms with van der Waals surface area (Å²) in [6.07, 6.45) is 1.39. The lowest BCUT2D eigenvalue weighted by Gasteiger charge is -2.30. The first-order valence-corrected chi connectivity index (χ1v) is 8.96. The zero-order valence-corrected chi connectivity index (χ0v) is 14.1. The second-order valence-corrected chi connectivity index (χ2v) is 7.51. The number of sulfonamides is 1. The van der Waals surface area contributed by atoms with Crippen LogP contribution in [-0.2, 0) is 17.1 Å². The predicted octanol–water partition coefficient (Wildman–Crippen LogP) is 1.86. The zero-order valence-electron chi connectivity index (χ0n) is 13.3. The van der Waals surface area contributed by atoms with Crippen molar-refractivity contribution < 1.29 is 13.2 Å². The number of fused-ring (bicyclic) bond motifs is 2. The molecular formula is C16H16N4O3S. The molecule has 0 bridgehead atoms. The molecule has 1 aliphatic heterocycles. The summed E-state index contributed by atoms with van der Waals surface area (Å²) < 4.78 is 34.8. The lowest BCUT2D eigenvalue weighted by molar-refractivity contribution is 0.316. The van der Waals surface area contributed by atoms with Crippen LogP contribution in [0.5, 0.6) is 5.75 Å². The van der Waals surface area contributed by atoms with Crippen LogP contribution < -0.4 is 9.04 Å². The van der Waals surface area contributed by atoms with Crippen LogP contribution in [0.3, 0.4) is 0 Å². The van der Waals surface area contributed by atoms with E-state index in [9.17, 15) is 8.42 Å². The lowest BCUT2D eigenvalue weighted by atomic mass is 10.2. The van der Waals surface area contributed by atoms with E-state index < -0.39 is 10.0 Å². The summed E-state index contributed by atoms with van der Waals surface area (Å²) in [5.41, 5.74) is 1.96. The van der Waals surface area contributed by atoms with E-state index in [2.05, 4.69) is 10.1 Å². The third-order valence-electron chi connectivity index (χ3n) is 4.11. The third-order valence-corrected chi connectivity index (χ3v) is 5.89. The number of ether oxygens (including phenoxy) is 1. The molecule has 0 unspecified atom stereocenters. The summed E-state index contributed by atoms with van der Waals surface area (Å²) in [7, 11) is -1.93. The number of rotatable bonds is 2. The molecule has 24 heavy (non-hydrogen) atoms. The van der Waals surface area contributed by atoms with E-state index >= 15 is 0 Å². The fourth-order valence-corrected chi connectivity index (χ4v) is 4.38. The van der Waals surface area contributed by atoms with Crippen LogP contribution >= 0.6 is 0 Å². The Morgan fingerprint density at radius 2 is 2.04 bits per heavy atom. The van der Waals surface area contributed by atoms with Gasteiger partial charge in [-0.2, -0.15) is 5.10 Å². The summed E-state index contributed by atoms with van der Waals surface area (Å²) >= 11 is 0. The van der Waals surface area contributed by atoms with Gasteiger partial charge in [0, 0.05) is 18.6 Å². The Morgan fingerprint density at radius 3 is 2.88 bits per heavy atom. The van der Waals surface area contributed by atoms with E-state index in [-0.39, 0.29) is 11.4 Å². The average Bonchev–Trinajstić information content (AvgIpc) is 2.88. The quantitative estimate of drug-likeness (QED) is 0.709. The van der Waals surface area contributed by atoms with Crippen molar-refractivity contribution in [1.29, 1.82) is 0 Å². The highest BCUT2D eigenvalue weighted by Gasteiger charge is 2.30. The molecule has 0 spiro atoms. The van der Waals surface area contributed by atoms with E-state index in [0.29, 0.717) is 23.7 Å². The number of aryl methyl sites for hydroxylation is 2. The summed E-state index contributed by atoms with van der Waals surface area (Å²) in [5, 5.41) is 5.02. The van der Waals surface area contributed by atoms with E-state index in [1.54, 1.807) is 36.0 Å². The van der Waals surface area contributed by atoms with E-state index in [1.165, 1.54) is 10.5 Å². The normalized spacial score (nSPS) is 14.5. The largest absolute Gasteiger partial charge is 0.489 e. The van der Waals surface area contributed by atoms with Gasteiger partial charge in [0.05, 0.1) is 17.9 Å². The Bertz CT molecular complexity index is 1040. The van der Waals surface area contributed by atoms with Crippen LogP contribution in [0.1, 0.15) is 5.69 Å². The summed E-state index contributed by atoms with van der Waals surface area (Å²) in [4.78, 5) is 4.44. The first kappa shape index (κ1) is 14.9. The van der Waals surface area contributed by atoms with Gasteiger partial charge in [-0.1, -0.05) is 12.1 Å². The monoisotopic (exact) mass is 344 g/mol. The topological polar surface area (TPSA) is 77.3 Å². The number of benzene rings is 1. The molecule has 124 valence electrons. The van der Waals surface area contributed by atoms with Gasteiger partial charge in [-0.25, -0.2) is 13.4 Å². The van der Waals surface area contributed by atoms with Gasteiger partial charge in [-0.3, -0.25) is 8.99 Å². The van der Waals surface area contributed by atoms with Crippen LogP contribution in [0.15, 0.2) is 41.4 Å². The zero-order chi connectivity index (χ0) is 16.9. The number of para-hydroxylation sites is 2. The fraction of sp³-hybridized carbons (Fsp3) is 0.250. The van der Waals surface area contributed by atoms with Crippen molar-refractivity contribution in [2.75, 3.05) is 17.5 Å². The Labute approximate surface area is 139 Å². The van der Waals surface area contributed by atoms with E-state index in [0.717, 1.165) is 11.1 Å². The maximum absolute atomic E-state index is 13.1. The molecule has 0 atom stereocenters. The van der Waals surface area contributed by atoms with Gasteiger partial charge in [0.15, 0.2) is 5.65 Å². The van der Waals surface area contributed by atoms with Gasteiger partial charge in [-0.05, 0) is 25.1 Å². The second kappa shape index (κ2) is 5.20. The number of hydrogen-bond acceptors (Lipinski definition) is 5. The van der Waals surface area contributed by atoms with Crippen molar-refractivity contribution >= 4 is 26.7 Å². The molecule has 1 aromatic carbocycles. The third kappa shape index (κ3) is 2.14. The molecule has 0 aliphatic carbocycles. The molecule has 0 N–H and O–H groups in total. The summed E-state index contributed by atoms with van der Waals surface area (Å²) in [5.74, 6) is 0.568. The molecule has 3 heterocycles. The van der Waals surface area contributed by atoms with Gasteiger partial charge in [0.2, 0.25) is 0 Å². The highest BCUT2D eigenvalue weighted by molar-refractivity contribution is 7.92. The first-order chi connectivity index (χ1) is 11.5. The van der Waals surface area contributed by atoms with Crippen molar-refractivity contribution in [2.24, 2.45) is 7.05 Å². The van der Waals surface area contributed by atoms with Crippen LogP contribution in [0.4, 0.5) is 5.69 Å². The smallest absolute Gasteiger partial charge is 0.266 e. The van der Waals surface area contributed by atoms with Crippen LogP contribution in [0, 0.1) is 6.92 Å². The molecule has 7 nitrogen and oxygen atoms in total. The van der Waals surface area contributed by atoms with Gasteiger partial charge in [-0.15, -0.1) is 0 Å². The van der Waals surface area contributed by atoms with Crippen molar-refractivity contribution in [1.82, 2.24) is 14.8 Å². The second-order valence-electron chi connectivity index (χ2n) is 5.64. The molecule has 1 aliphatic rings. The Morgan fingerprint density at radius 1 is 1.25 bits per heavy atom. The molecule has 0 saturated carbocycles. The highest BCUT2D eigenvalue weighted by atomic mass is 32.2. The van der Waals surface area contributed by atoms with Crippen molar-refractivity contribution in [2.45, 2.75) is 11.8 Å². The standard InChI is InChI=1S/C16H16N4O3S/c1-11-13-9-12(10-17-16(13)19(2)18-11)24(21,22)20-7-8-23-15-6-4-3-5-14(15)20/h3-6,9-10H,7-8H2,1-2H3. The number of hydrogen-bond donors (Lipinski definition) is 0. The predicted molar refractivity (Wildman–Crippen MR) is 89.7 cm³/mol. The highest BCUT2D eigenvalue weighted by Crippen LogP contribution is 2.35. The maximum Gasteiger partial charge on any atom is 0.266 e. The molecule has 2 aromatic heterocycles. The van der Waals surface area contributed by atoms with E-state index in [1.807, 2.05) is 13.0 Å². The average molecular weight is 344 g/mol. The number of anilines is 1. The first-order valence-electron chi connectivity index (χ1n) is 7.52. The van der Waals surface area contributed by atoms with Crippen molar-refractivity contribution in [3.63, 3.8) is 0 Å². The van der Waals surface area contributed by atoms with Gasteiger partial charge in [0.1, 0.15) is 17.3 Å². The van der Waals surface area contributed by atoms with Crippen LogP contribution in [0.25, 0.3) is 11.0 Å². The molecule has 0 saturated heterocycles. The maximum atomic E-state index is 13.1. The van der Waals surface area contributed by atoms with Crippen LogP contribution in [0.2, 0.25) is 0 Å². The molecule has 4 rings (SSSR count). The minimum atomic E-state index is -3.72. The minimum absolute atomic E-state index is 0.155. The number of aromatic nitrogens is 3. The minimum Gasteiger partial charge on any atom is -0.489 e. The Hall–Kier alpha value is -2.61. The number of pyridine rings is 1. The Balaban J connectivity index is 1.86. The SMILES string of the molecule is Cc1nn(C)c2ncc(S(=O)(=O)N3CCOc4ccccc43)cc12.